The van der Waals surface area contributed by atoms with Crippen LogP contribution in [0.25, 0.3) is 0 Å². The molecule has 0 unspecified atom stereocenters. The first-order chi connectivity index (χ1) is 9.16. The maximum absolute atomic E-state index is 13.2. The maximum Gasteiger partial charge on any atom is 0.251 e. The third-order valence-corrected chi connectivity index (χ3v) is 3.81. The molecule has 19 heavy (non-hydrogen) atoms. The van der Waals surface area contributed by atoms with Gasteiger partial charge in [0.1, 0.15) is 5.82 Å². The predicted octanol–water partition coefficient (Wildman–Crippen LogP) is 3.11. The number of nitrogens with two attached hydrogens (primary N) is 1. The molecular formula is C15H21FN2O. The molecule has 1 aromatic rings. The van der Waals surface area contributed by atoms with Crippen molar-refractivity contribution in [3.8, 4) is 0 Å². The van der Waals surface area contributed by atoms with E-state index in [4.69, 9.17) is 5.73 Å². The number of nitrogens with one attached hydrogen (secondary N) is 1. The summed E-state index contributed by atoms with van der Waals surface area (Å²) in [5.74, 6) is 0.0646. The maximum atomic E-state index is 13.2. The zero-order chi connectivity index (χ0) is 13.7. The fourth-order valence-electron chi connectivity index (χ4n) is 2.66. The lowest BCUT2D eigenvalue weighted by Crippen LogP contribution is -2.24. The number of hydrogen-bond acceptors (Lipinski definition) is 2. The molecule has 1 fully saturated rings. The van der Waals surface area contributed by atoms with Crippen molar-refractivity contribution in [2.24, 2.45) is 5.92 Å². The minimum absolute atomic E-state index is 0.0674. The van der Waals surface area contributed by atoms with Gasteiger partial charge in [-0.1, -0.05) is 25.7 Å². The van der Waals surface area contributed by atoms with Crippen LogP contribution >= 0.6 is 0 Å². The second kappa shape index (κ2) is 6.55. The average Bonchev–Trinajstić information content (AvgIpc) is 2.91. The van der Waals surface area contributed by atoms with Crippen LogP contribution in [0, 0.1) is 11.7 Å². The van der Waals surface area contributed by atoms with Gasteiger partial charge in [0.2, 0.25) is 0 Å². The summed E-state index contributed by atoms with van der Waals surface area (Å²) < 4.78 is 13.2. The molecule has 104 valence electrons. The summed E-state index contributed by atoms with van der Waals surface area (Å²) in [6, 6.07) is 4.15. The van der Waals surface area contributed by atoms with Crippen LogP contribution in [-0.2, 0) is 0 Å². The van der Waals surface area contributed by atoms with Crippen molar-refractivity contribution in [1.29, 1.82) is 0 Å². The standard InChI is InChI=1S/C15H21FN2O/c16-13-10-12(7-8-14(13)17)15(19)18-9-3-6-11-4-1-2-5-11/h7-8,10-11H,1-6,9,17H2,(H,18,19). The Morgan fingerprint density at radius 1 is 1.37 bits per heavy atom. The van der Waals surface area contributed by atoms with Crippen LogP contribution in [0.5, 0.6) is 0 Å². The van der Waals surface area contributed by atoms with Crippen molar-refractivity contribution in [2.75, 3.05) is 12.3 Å². The Labute approximate surface area is 113 Å². The first-order valence-corrected chi connectivity index (χ1v) is 7.00. The molecule has 3 N–H and O–H groups in total. The van der Waals surface area contributed by atoms with Gasteiger partial charge in [-0.2, -0.15) is 0 Å². The van der Waals surface area contributed by atoms with Crippen molar-refractivity contribution >= 4 is 11.6 Å². The number of benzene rings is 1. The topological polar surface area (TPSA) is 55.1 Å². The summed E-state index contributed by atoms with van der Waals surface area (Å²) in [5, 5.41) is 2.82. The van der Waals surface area contributed by atoms with Crippen LogP contribution in [0.2, 0.25) is 0 Å². The molecule has 0 saturated heterocycles. The molecule has 1 amide bonds. The Balaban J connectivity index is 1.72. The van der Waals surface area contributed by atoms with E-state index in [1.54, 1.807) is 6.07 Å². The zero-order valence-electron chi connectivity index (χ0n) is 11.1. The van der Waals surface area contributed by atoms with Crippen LogP contribution in [0.3, 0.4) is 0 Å². The molecule has 0 aromatic heterocycles. The van der Waals surface area contributed by atoms with E-state index in [1.807, 2.05) is 0 Å². The number of anilines is 1. The SMILES string of the molecule is Nc1ccc(C(=O)NCCCC2CCCC2)cc1F. The third kappa shape index (κ3) is 3.94. The van der Waals surface area contributed by atoms with E-state index in [0.29, 0.717) is 12.1 Å². The van der Waals surface area contributed by atoms with Gasteiger partial charge in [0.15, 0.2) is 0 Å². The normalized spacial score (nSPS) is 15.6. The monoisotopic (exact) mass is 264 g/mol. The molecule has 1 aliphatic rings. The van der Waals surface area contributed by atoms with E-state index in [0.717, 1.165) is 12.3 Å². The third-order valence-electron chi connectivity index (χ3n) is 3.81. The Kier molecular flexibility index (Phi) is 4.77. The van der Waals surface area contributed by atoms with E-state index in [2.05, 4.69) is 5.32 Å². The Morgan fingerprint density at radius 2 is 2.11 bits per heavy atom. The molecule has 0 spiro atoms. The summed E-state index contributed by atoms with van der Waals surface area (Å²) in [6.07, 6.45) is 7.53. The zero-order valence-corrected chi connectivity index (χ0v) is 11.1. The summed E-state index contributed by atoms with van der Waals surface area (Å²) in [7, 11) is 0. The smallest absolute Gasteiger partial charge is 0.251 e. The highest BCUT2D eigenvalue weighted by atomic mass is 19.1. The van der Waals surface area contributed by atoms with Gasteiger partial charge < -0.3 is 11.1 Å². The summed E-state index contributed by atoms with van der Waals surface area (Å²) in [5.41, 5.74) is 5.77. The highest BCUT2D eigenvalue weighted by Gasteiger charge is 2.14. The highest BCUT2D eigenvalue weighted by molar-refractivity contribution is 5.94. The second-order valence-electron chi connectivity index (χ2n) is 5.28. The fraction of sp³-hybridized carbons (Fsp3) is 0.533. The molecule has 0 atom stereocenters. The van der Waals surface area contributed by atoms with E-state index in [9.17, 15) is 9.18 Å². The Bertz CT molecular complexity index is 442. The number of amides is 1. The molecule has 0 aliphatic heterocycles. The molecule has 1 saturated carbocycles. The van der Waals surface area contributed by atoms with Gasteiger partial charge in [-0.3, -0.25) is 4.79 Å². The number of rotatable bonds is 5. The highest BCUT2D eigenvalue weighted by Crippen LogP contribution is 2.28. The first-order valence-electron chi connectivity index (χ1n) is 7.00. The number of hydrogen-bond donors (Lipinski definition) is 2. The second-order valence-corrected chi connectivity index (χ2v) is 5.28. The van der Waals surface area contributed by atoms with Crippen LogP contribution in [0.1, 0.15) is 48.9 Å². The van der Waals surface area contributed by atoms with Crippen LogP contribution < -0.4 is 11.1 Å². The quantitative estimate of drug-likeness (QED) is 0.634. The van der Waals surface area contributed by atoms with E-state index >= 15 is 0 Å². The van der Waals surface area contributed by atoms with Crippen molar-refractivity contribution in [2.45, 2.75) is 38.5 Å². The summed E-state index contributed by atoms with van der Waals surface area (Å²) in [4.78, 5) is 11.8. The van der Waals surface area contributed by atoms with E-state index in [-0.39, 0.29) is 11.6 Å². The van der Waals surface area contributed by atoms with Crippen LogP contribution in [0.15, 0.2) is 18.2 Å². The predicted molar refractivity (Wildman–Crippen MR) is 74.3 cm³/mol. The lowest BCUT2D eigenvalue weighted by atomic mass is 10.0. The van der Waals surface area contributed by atoms with Crippen LogP contribution in [0.4, 0.5) is 10.1 Å². The van der Waals surface area contributed by atoms with Crippen LogP contribution in [-0.4, -0.2) is 12.5 Å². The number of carbonyl (C=O) groups is 1. The van der Waals surface area contributed by atoms with Gasteiger partial charge in [-0.05, 0) is 37.0 Å². The Morgan fingerprint density at radius 3 is 2.79 bits per heavy atom. The molecule has 1 aliphatic carbocycles. The van der Waals surface area contributed by atoms with Gasteiger partial charge >= 0.3 is 0 Å². The van der Waals surface area contributed by atoms with Gasteiger partial charge in [-0.15, -0.1) is 0 Å². The number of nitrogen functional groups attached to an aromatic ring is 1. The minimum atomic E-state index is -0.543. The molecular weight excluding hydrogens is 243 g/mol. The number of carbonyl (C=O) groups excluding carboxylic acids is 1. The molecule has 0 radical (unpaired) electrons. The molecule has 1 aromatic carbocycles. The van der Waals surface area contributed by atoms with Gasteiger partial charge in [-0.25, -0.2) is 4.39 Å². The average molecular weight is 264 g/mol. The first kappa shape index (κ1) is 13.8. The van der Waals surface area contributed by atoms with E-state index in [1.165, 1.54) is 44.2 Å². The minimum Gasteiger partial charge on any atom is -0.396 e. The lowest BCUT2D eigenvalue weighted by molar-refractivity contribution is 0.0952. The molecule has 3 nitrogen and oxygen atoms in total. The van der Waals surface area contributed by atoms with Gasteiger partial charge in [0.25, 0.3) is 5.91 Å². The summed E-state index contributed by atoms with van der Waals surface area (Å²) >= 11 is 0. The number of halogens is 1. The van der Waals surface area contributed by atoms with E-state index < -0.39 is 5.82 Å². The molecule has 0 heterocycles. The van der Waals surface area contributed by atoms with Crippen molar-refractivity contribution in [3.63, 3.8) is 0 Å². The summed E-state index contributed by atoms with van der Waals surface area (Å²) in [6.45, 7) is 0.654. The van der Waals surface area contributed by atoms with Crippen molar-refractivity contribution < 1.29 is 9.18 Å². The van der Waals surface area contributed by atoms with Gasteiger partial charge in [0.05, 0.1) is 5.69 Å². The largest absolute Gasteiger partial charge is 0.396 e. The van der Waals surface area contributed by atoms with Crippen molar-refractivity contribution in [1.82, 2.24) is 5.32 Å². The molecule has 4 heteroatoms. The van der Waals surface area contributed by atoms with Crippen molar-refractivity contribution in [3.05, 3.63) is 29.6 Å². The fourth-order valence-corrected chi connectivity index (χ4v) is 2.66. The van der Waals surface area contributed by atoms with Gasteiger partial charge in [0, 0.05) is 12.1 Å². The molecule has 0 bridgehead atoms. The lowest BCUT2D eigenvalue weighted by Gasteiger charge is -2.09. The Hall–Kier alpha value is -1.58. The molecule has 2 rings (SSSR count).